The summed E-state index contributed by atoms with van der Waals surface area (Å²) in [5.74, 6) is -0.221. The summed E-state index contributed by atoms with van der Waals surface area (Å²) >= 11 is 0. The average Bonchev–Trinajstić information content (AvgIpc) is 2.39. The number of nitrogens with one attached hydrogen (secondary N) is 2. The summed E-state index contributed by atoms with van der Waals surface area (Å²) in [6.45, 7) is 2.90. The van der Waals surface area contributed by atoms with Crippen LogP contribution >= 0.6 is 0 Å². The van der Waals surface area contributed by atoms with Gasteiger partial charge >= 0.3 is 0 Å². The zero-order valence-corrected chi connectivity index (χ0v) is 10.9. The van der Waals surface area contributed by atoms with Crippen molar-refractivity contribution in [1.82, 2.24) is 5.32 Å². The predicted octanol–water partition coefficient (Wildman–Crippen LogP) is 1.49. The number of methoxy groups -OCH3 is 2. The minimum Gasteiger partial charge on any atom is -0.384 e. The number of hydrogen-bond acceptors (Lipinski definition) is 4. The number of anilines is 1. The first-order chi connectivity index (χ1) is 8.76. The summed E-state index contributed by atoms with van der Waals surface area (Å²) in [5.41, 5.74) is 0.915. The van der Waals surface area contributed by atoms with E-state index in [2.05, 4.69) is 10.6 Å². The van der Waals surface area contributed by atoms with Gasteiger partial charge in [-0.1, -0.05) is 0 Å². The second-order valence-corrected chi connectivity index (χ2v) is 3.95. The molecule has 0 radical (unpaired) electrons. The van der Waals surface area contributed by atoms with E-state index < -0.39 is 0 Å². The average molecular weight is 256 g/mol. The molecule has 102 valence electrons. The van der Waals surface area contributed by atoms with Crippen LogP contribution in [0.2, 0.25) is 0 Å². The molecular weight excluding hydrogens is 235 g/mol. The summed E-state index contributed by atoms with van der Waals surface area (Å²) < 4.78 is 22.9. The molecule has 0 spiro atoms. The van der Waals surface area contributed by atoms with Gasteiger partial charge in [-0.3, -0.25) is 0 Å². The standard InChI is InChI=1S/C13H21FN2O2/c1-17-10-13(18-2)9-15-7-8-16-12-5-3-11(14)4-6-12/h3-6,13,15-16H,7-10H2,1-2H3. The third kappa shape index (κ3) is 5.95. The van der Waals surface area contributed by atoms with E-state index in [4.69, 9.17) is 9.47 Å². The first-order valence-corrected chi connectivity index (χ1v) is 5.98. The predicted molar refractivity (Wildman–Crippen MR) is 70.4 cm³/mol. The van der Waals surface area contributed by atoms with E-state index in [1.54, 1.807) is 26.4 Å². The van der Waals surface area contributed by atoms with Crippen molar-refractivity contribution in [2.24, 2.45) is 0 Å². The summed E-state index contributed by atoms with van der Waals surface area (Å²) in [6.07, 6.45) is 0.0702. The van der Waals surface area contributed by atoms with Crippen LogP contribution in [0.15, 0.2) is 24.3 Å². The lowest BCUT2D eigenvalue weighted by molar-refractivity contribution is 0.0292. The molecule has 1 aromatic rings. The molecule has 0 aliphatic rings. The van der Waals surface area contributed by atoms with Crippen LogP contribution in [0, 0.1) is 5.82 Å². The fourth-order valence-electron chi connectivity index (χ4n) is 1.52. The molecule has 0 saturated carbocycles. The van der Waals surface area contributed by atoms with Crippen LogP contribution in [-0.4, -0.2) is 46.6 Å². The Morgan fingerprint density at radius 1 is 1.17 bits per heavy atom. The molecule has 0 saturated heterocycles. The lowest BCUT2D eigenvalue weighted by atomic mass is 10.3. The maximum atomic E-state index is 12.7. The maximum absolute atomic E-state index is 12.7. The smallest absolute Gasteiger partial charge is 0.123 e. The molecule has 0 aliphatic carbocycles. The monoisotopic (exact) mass is 256 g/mol. The minimum atomic E-state index is -0.221. The van der Waals surface area contributed by atoms with Crippen LogP contribution in [0.4, 0.5) is 10.1 Å². The largest absolute Gasteiger partial charge is 0.384 e. The first kappa shape index (κ1) is 14.9. The van der Waals surface area contributed by atoms with Crippen molar-refractivity contribution in [2.75, 3.05) is 45.8 Å². The second kappa shape index (κ2) is 8.85. The van der Waals surface area contributed by atoms with Gasteiger partial charge in [0.1, 0.15) is 5.82 Å². The van der Waals surface area contributed by atoms with Crippen LogP contribution in [0.25, 0.3) is 0 Å². The van der Waals surface area contributed by atoms with Crippen LogP contribution in [0.3, 0.4) is 0 Å². The molecular formula is C13H21FN2O2. The zero-order valence-electron chi connectivity index (χ0n) is 10.9. The first-order valence-electron chi connectivity index (χ1n) is 5.98. The molecule has 0 bridgehead atoms. The summed E-state index contributed by atoms with van der Waals surface area (Å²) in [6, 6.07) is 6.32. The normalized spacial score (nSPS) is 12.4. The molecule has 18 heavy (non-hydrogen) atoms. The van der Waals surface area contributed by atoms with E-state index in [0.717, 1.165) is 25.3 Å². The molecule has 4 nitrogen and oxygen atoms in total. The Labute approximate surface area is 107 Å². The van der Waals surface area contributed by atoms with E-state index >= 15 is 0 Å². The molecule has 2 N–H and O–H groups in total. The SMILES string of the molecule is COCC(CNCCNc1ccc(F)cc1)OC. The van der Waals surface area contributed by atoms with Crippen molar-refractivity contribution in [3.8, 4) is 0 Å². The highest BCUT2D eigenvalue weighted by Gasteiger charge is 2.04. The molecule has 1 atom stereocenters. The van der Waals surface area contributed by atoms with Crippen molar-refractivity contribution in [3.05, 3.63) is 30.1 Å². The minimum absolute atomic E-state index is 0.0702. The molecule has 0 heterocycles. The Hall–Kier alpha value is -1.17. The second-order valence-electron chi connectivity index (χ2n) is 3.95. The van der Waals surface area contributed by atoms with Crippen LogP contribution < -0.4 is 10.6 Å². The fraction of sp³-hybridized carbons (Fsp3) is 0.538. The number of hydrogen-bond donors (Lipinski definition) is 2. The number of rotatable bonds is 9. The Balaban J connectivity index is 2.09. The van der Waals surface area contributed by atoms with Gasteiger partial charge < -0.3 is 20.1 Å². The topological polar surface area (TPSA) is 42.5 Å². The van der Waals surface area contributed by atoms with Crippen molar-refractivity contribution in [3.63, 3.8) is 0 Å². The van der Waals surface area contributed by atoms with Crippen molar-refractivity contribution >= 4 is 5.69 Å². The maximum Gasteiger partial charge on any atom is 0.123 e. The van der Waals surface area contributed by atoms with E-state index in [-0.39, 0.29) is 11.9 Å². The van der Waals surface area contributed by atoms with Gasteiger partial charge in [-0.05, 0) is 24.3 Å². The summed E-state index contributed by atoms with van der Waals surface area (Å²) in [5, 5.41) is 6.46. The van der Waals surface area contributed by atoms with Crippen LogP contribution in [0.1, 0.15) is 0 Å². The highest BCUT2D eigenvalue weighted by molar-refractivity contribution is 5.42. The van der Waals surface area contributed by atoms with Crippen LogP contribution in [-0.2, 0) is 9.47 Å². The van der Waals surface area contributed by atoms with Gasteiger partial charge in [-0.2, -0.15) is 0 Å². The molecule has 0 aliphatic heterocycles. The van der Waals surface area contributed by atoms with Crippen molar-refractivity contribution in [1.29, 1.82) is 0 Å². The number of ether oxygens (including phenoxy) is 2. The summed E-state index contributed by atoms with van der Waals surface area (Å²) in [7, 11) is 3.32. The molecule has 1 unspecified atom stereocenters. The Morgan fingerprint density at radius 3 is 2.50 bits per heavy atom. The molecule has 0 fully saturated rings. The van der Waals surface area contributed by atoms with E-state index in [0.29, 0.717) is 6.61 Å². The summed E-state index contributed by atoms with van der Waals surface area (Å²) in [4.78, 5) is 0. The van der Waals surface area contributed by atoms with E-state index in [1.165, 1.54) is 12.1 Å². The van der Waals surface area contributed by atoms with Gasteiger partial charge in [0.05, 0.1) is 12.7 Å². The molecule has 1 rings (SSSR count). The molecule has 0 amide bonds. The molecule has 5 heteroatoms. The number of halogens is 1. The van der Waals surface area contributed by atoms with Crippen LogP contribution in [0.5, 0.6) is 0 Å². The van der Waals surface area contributed by atoms with Crippen molar-refractivity contribution in [2.45, 2.75) is 6.10 Å². The van der Waals surface area contributed by atoms with E-state index in [9.17, 15) is 4.39 Å². The Bertz CT molecular complexity index is 319. The van der Waals surface area contributed by atoms with Gasteiger partial charge in [-0.25, -0.2) is 4.39 Å². The van der Waals surface area contributed by atoms with Gasteiger partial charge in [0.25, 0.3) is 0 Å². The third-order valence-electron chi connectivity index (χ3n) is 2.53. The Morgan fingerprint density at radius 2 is 1.89 bits per heavy atom. The Kier molecular flexibility index (Phi) is 7.32. The van der Waals surface area contributed by atoms with Gasteiger partial charge in [0.2, 0.25) is 0 Å². The third-order valence-corrected chi connectivity index (χ3v) is 2.53. The molecule has 1 aromatic carbocycles. The lowest BCUT2D eigenvalue weighted by Crippen LogP contribution is -2.34. The van der Waals surface area contributed by atoms with Crippen molar-refractivity contribution < 1.29 is 13.9 Å². The van der Waals surface area contributed by atoms with Gasteiger partial charge in [0.15, 0.2) is 0 Å². The van der Waals surface area contributed by atoms with E-state index in [1.807, 2.05) is 0 Å². The van der Waals surface area contributed by atoms with Gasteiger partial charge in [0, 0.05) is 39.5 Å². The highest BCUT2D eigenvalue weighted by atomic mass is 19.1. The zero-order chi connectivity index (χ0) is 13.2. The van der Waals surface area contributed by atoms with Gasteiger partial charge in [-0.15, -0.1) is 0 Å². The quantitative estimate of drug-likeness (QED) is 0.657. The number of benzene rings is 1. The fourth-order valence-corrected chi connectivity index (χ4v) is 1.52. The molecule has 0 aromatic heterocycles. The highest BCUT2D eigenvalue weighted by Crippen LogP contribution is 2.07. The lowest BCUT2D eigenvalue weighted by Gasteiger charge is -2.15.